The first kappa shape index (κ1) is 21.5. The van der Waals surface area contributed by atoms with Gasteiger partial charge in [-0.2, -0.15) is 0 Å². The van der Waals surface area contributed by atoms with E-state index in [1.807, 2.05) is 31.2 Å². The first-order valence-electron chi connectivity index (χ1n) is 10.1. The lowest BCUT2D eigenvalue weighted by atomic mass is 10.1. The summed E-state index contributed by atoms with van der Waals surface area (Å²) in [6.45, 7) is 2.49. The van der Waals surface area contributed by atoms with Gasteiger partial charge in [-0.3, -0.25) is 9.59 Å². The van der Waals surface area contributed by atoms with Crippen molar-refractivity contribution in [2.24, 2.45) is 0 Å². The molecule has 162 valence electrons. The molecule has 1 heterocycles. The number of nitrogens with one attached hydrogen (secondary N) is 3. The molecule has 0 aliphatic carbocycles. The number of H-pyrrole nitrogens is 1. The van der Waals surface area contributed by atoms with Crippen LogP contribution in [0.5, 0.6) is 5.75 Å². The van der Waals surface area contributed by atoms with Crippen LogP contribution >= 0.6 is 11.8 Å². The van der Waals surface area contributed by atoms with Crippen LogP contribution < -0.4 is 15.4 Å². The molecular weight excluding hydrogens is 424 g/mol. The second kappa shape index (κ2) is 10.0. The number of aromatic amines is 1. The molecule has 0 saturated heterocycles. The maximum atomic E-state index is 12.8. The number of thioether (sulfide) groups is 1. The number of aromatic nitrogens is 2. The van der Waals surface area contributed by atoms with Crippen LogP contribution in [0.3, 0.4) is 0 Å². The van der Waals surface area contributed by atoms with Crippen LogP contribution in [-0.2, 0) is 4.79 Å². The zero-order chi connectivity index (χ0) is 22.3. The highest BCUT2D eigenvalue weighted by molar-refractivity contribution is 7.99. The summed E-state index contributed by atoms with van der Waals surface area (Å²) in [7, 11) is 0. The maximum Gasteiger partial charge on any atom is 0.257 e. The number of fused-ring (bicyclic) bond motifs is 1. The van der Waals surface area contributed by atoms with Crippen molar-refractivity contribution >= 4 is 46.0 Å². The van der Waals surface area contributed by atoms with Gasteiger partial charge in [0.2, 0.25) is 5.91 Å². The molecule has 0 aliphatic rings. The van der Waals surface area contributed by atoms with Crippen molar-refractivity contribution in [1.29, 1.82) is 0 Å². The lowest BCUT2D eigenvalue weighted by Gasteiger charge is -2.12. The Morgan fingerprint density at radius 1 is 0.969 bits per heavy atom. The van der Waals surface area contributed by atoms with Gasteiger partial charge in [0.05, 0.1) is 34.6 Å². The summed E-state index contributed by atoms with van der Waals surface area (Å²) in [6, 6.07) is 21.7. The van der Waals surface area contributed by atoms with E-state index in [1.54, 1.807) is 48.5 Å². The fraction of sp³-hybridized carbons (Fsp3) is 0.125. The smallest absolute Gasteiger partial charge is 0.257 e. The Morgan fingerprint density at radius 3 is 2.50 bits per heavy atom. The third-order valence-corrected chi connectivity index (χ3v) is 5.45. The molecule has 32 heavy (non-hydrogen) atoms. The summed E-state index contributed by atoms with van der Waals surface area (Å²) in [6.07, 6.45) is 0. The first-order valence-corrected chi connectivity index (χ1v) is 11.1. The molecule has 4 rings (SSSR count). The van der Waals surface area contributed by atoms with E-state index in [0.717, 1.165) is 16.8 Å². The number of carbonyl (C=O) groups excluding carboxylic acids is 2. The van der Waals surface area contributed by atoms with Crippen molar-refractivity contribution in [3.63, 3.8) is 0 Å². The van der Waals surface area contributed by atoms with Gasteiger partial charge in [0.25, 0.3) is 5.91 Å². The quantitative estimate of drug-likeness (QED) is 0.333. The van der Waals surface area contributed by atoms with E-state index in [1.165, 1.54) is 11.8 Å². The molecule has 4 aromatic rings. The van der Waals surface area contributed by atoms with Crippen molar-refractivity contribution < 1.29 is 14.3 Å². The van der Waals surface area contributed by atoms with Gasteiger partial charge in [0.15, 0.2) is 5.16 Å². The van der Waals surface area contributed by atoms with Gasteiger partial charge >= 0.3 is 0 Å². The number of hydrogen-bond acceptors (Lipinski definition) is 5. The Labute approximate surface area is 189 Å². The molecule has 3 aromatic carbocycles. The second-order valence-corrected chi connectivity index (χ2v) is 7.82. The van der Waals surface area contributed by atoms with Crippen LogP contribution in [0.1, 0.15) is 17.3 Å². The number of rotatable bonds is 8. The number of nitrogens with zero attached hydrogens (tertiary/aromatic N) is 1. The van der Waals surface area contributed by atoms with E-state index in [0.29, 0.717) is 28.7 Å². The topological polar surface area (TPSA) is 96.1 Å². The average molecular weight is 447 g/mol. The number of anilines is 2. The molecule has 0 fully saturated rings. The van der Waals surface area contributed by atoms with Gasteiger partial charge in [0, 0.05) is 5.69 Å². The lowest BCUT2D eigenvalue weighted by Crippen LogP contribution is -2.19. The molecule has 0 atom stereocenters. The van der Waals surface area contributed by atoms with Crippen LogP contribution in [0.25, 0.3) is 11.0 Å². The predicted octanol–water partition coefficient (Wildman–Crippen LogP) is 4.94. The van der Waals surface area contributed by atoms with E-state index >= 15 is 0 Å². The molecule has 0 bridgehead atoms. The fourth-order valence-corrected chi connectivity index (χ4v) is 3.79. The van der Waals surface area contributed by atoms with Crippen molar-refractivity contribution in [1.82, 2.24) is 9.97 Å². The van der Waals surface area contributed by atoms with Crippen LogP contribution in [0.4, 0.5) is 11.4 Å². The Balaban J connectivity index is 1.38. The van der Waals surface area contributed by atoms with Gasteiger partial charge in [-0.1, -0.05) is 36.0 Å². The van der Waals surface area contributed by atoms with Crippen LogP contribution in [0.2, 0.25) is 0 Å². The van der Waals surface area contributed by atoms with Gasteiger partial charge < -0.3 is 20.4 Å². The number of carbonyl (C=O) groups is 2. The molecular formula is C24H22N4O3S. The number of amides is 2. The van der Waals surface area contributed by atoms with Crippen LogP contribution in [-0.4, -0.2) is 34.1 Å². The Morgan fingerprint density at radius 2 is 1.72 bits per heavy atom. The molecule has 8 heteroatoms. The molecule has 0 saturated carbocycles. The molecule has 2 amide bonds. The van der Waals surface area contributed by atoms with E-state index < -0.39 is 0 Å². The second-order valence-electron chi connectivity index (χ2n) is 6.85. The zero-order valence-corrected chi connectivity index (χ0v) is 18.2. The Kier molecular flexibility index (Phi) is 6.72. The highest BCUT2D eigenvalue weighted by Crippen LogP contribution is 2.22. The van der Waals surface area contributed by atoms with E-state index in [2.05, 4.69) is 20.6 Å². The number of imidazole rings is 1. The molecule has 0 radical (unpaired) electrons. The number of para-hydroxylation sites is 3. The van der Waals surface area contributed by atoms with Crippen LogP contribution in [0, 0.1) is 0 Å². The predicted molar refractivity (Wildman–Crippen MR) is 127 cm³/mol. The normalized spacial score (nSPS) is 10.7. The molecule has 1 aromatic heterocycles. The van der Waals surface area contributed by atoms with Gasteiger partial charge in [-0.15, -0.1) is 0 Å². The minimum atomic E-state index is -0.310. The monoisotopic (exact) mass is 446 g/mol. The van der Waals surface area contributed by atoms with Gasteiger partial charge in [-0.25, -0.2) is 4.98 Å². The number of benzene rings is 3. The summed E-state index contributed by atoms with van der Waals surface area (Å²) in [4.78, 5) is 32.9. The maximum absolute atomic E-state index is 12.8. The number of hydrogen-bond donors (Lipinski definition) is 3. The summed E-state index contributed by atoms with van der Waals surface area (Å²) in [5, 5.41) is 6.34. The summed E-state index contributed by atoms with van der Waals surface area (Å²) in [5.41, 5.74) is 3.24. The van der Waals surface area contributed by atoms with Gasteiger partial charge in [-0.05, 0) is 55.5 Å². The Bertz CT molecular complexity index is 1200. The molecule has 0 spiro atoms. The average Bonchev–Trinajstić information content (AvgIpc) is 3.23. The largest absolute Gasteiger partial charge is 0.494 e. The SMILES string of the molecule is CCOc1ccc(NC(=O)c2ccccc2NC(=O)CSc2nc3ccccc3[nH]2)cc1. The molecule has 7 nitrogen and oxygen atoms in total. The van der Waals surface area contributed by atoms with Gasteiger partial charge in [0.1, 0.15) is 5.75 Å². The third kappa shape index (κ3) is 5.28. The van der Waals surface area contributed by atoms with Crippen molar-refractivity contribution in [3.8, 4) is 5.75 Å². The summed E-state index contributed by atoms with van der Waals surface area (Å²) in [5.74, 6) is 0.362. The van der Waals surface area contributed by atoms with Crippen molar-refractivity contribution in [3.05, 3.63) is 78.4 Å². The van der Waals surface area contributed by atoms with Crippen molar-refractivity contribution in [2.75, 3.05) is 23.0 Å². The lowest BCUT2D eigenvalue weighted by molar-refractivity contribution is -0.113. The Hall–Kier alpha value is -3.78. The molecule has 3 N–H and O–H groups in total. The molecule has 0 aliphatic heterocycles. The van der Waals surface area contributed by atoms with E-state index in [4.69, 9.17) is 4.74 Å². The number of ether oxygens (including phenoxy) is 1. The zero-order valence-electron chi connectivity index (χ0n) is 17.4. The first-order chi connectivity index (χ1) is 15.6. The summed E-state index contributed by atoms with van der Waals surface area (Å²) < 4.78 is 5.42. The van der Waals surface area contributed by atoms with E-state index in [9.17, 15) is 9.59 Å². The summed E-state index contributed by atoms with van der Waals surface area (Å²) >= 11 is 1.30. The van der Waals surface area contributed by atoms with Crippen molar-refractivity contribution in [2.45, 2.75) is 12.1 Å². The minimum absolute atomic E-state index is 0.161. The highest BCUT2D eigenvalue weighted by Gasteiger charge is 2.14. The molecule has 0 unspecified atom stereocenters. The van der Waals surface area contributed by atoms with E-state index in [-0.39, 0.29) is 17.6 Å². The standard InChI is InChI=1S/C24H22N4O3S/c1-2-31-17-13-11-16(12-14-17)25-23(30)18-7-3-4-8-19(18)26-22(29)15-32-24-27-20-9-5-6-10-21(20)28-24/h3-14H,2,15H2,1H3,(H,25,30)(H,26,29)(H,27,28). The highest BCUT2D eigenvalue weighted by atomic mass is 32.2. The fourth-order valence-electron chi connectivity index (χ4n) is 3.11. The minimum Gasteiger partial charge on any atom is -0.494 e. The third-order valence-electron chi connectivity index (χ3n) is 4.58. The van der Waals surface area contributed by atoms with Crippen LogP contribution in [0.15, 0.2) is 78.0 Å².